The van der Waals surface area contributed by atoms with Gasteiger partial charge in [0.1, 0.15) is 5.54 Å². The van der Waals surface area contributed by atoms with Gasteiger partial charge in [0.05, 0.1) is 6.54 Å². The highest BCUT2D eigenvalue weighted by molar-refractivity contribution is 5.97. The van der Waals surface area contributed by atoms with E-state index in [1.807, 2.05) is 0 Å². The monoisotopic (exact) mass is 240 g/mol. The molecule has 1 fully saturated rings. The van der Waals surface area contributed by atoms with Crippen LogP contribution in [0, 0.1) is 5.41 Å². The van der Waals surface area contributed by atoms with Crippen molar-refractivity contribution >= 4 is 11.8 Å². The fourth-order valence-corrected chi connectivity index (χ4v) is 2.06. The molecular formula is C13H24N2O2. The Balaban J connectivity index is 2.53. The minimum absolute atomic E-state index is 0.0195. The molecule has 0 aliphatic carbocycles. The van der Waals surface area contributed by atoms with Gasteiger partial charge in [-0.2, -0.15) is 0 Å². The minimum Gasteiger partial charge on any atom is -0.341 e. The summed E-state index contributed by atoms with van der Waals surface area (Å²) in [6.07, 6.45) is 2.00. The van der Waals surface area contributed by atoms with Crippen LogP contribution in [0.25, 0.3) is 0 Å². The van der Waals surface area contributed by atoms with Crippen molar-refractivity contribution in [3.05, 3.63) is 0 Å². The van der Waals surface area contributed by atoms with Crippen molar-refractivity contribution in [2.75, 3.05) is 13.1 Å². The average Bonchev–Trinajstić information content (AvgIpc) is 2.10. The molecule has 0 atom stereocenters. The lowest BCUT2D eigenvalue weighted by molar-refractivity contribution is -0.148. The third-order valence-corrected chi connectivity index (χ3v) is 2.96. The van der Waals surface area contributed by atoms with Crippen LogP contribution in [0.1, 0.15) is 47.5 Å². The van der Waals surface area contributed by atoms with E-state index in [0.29, 0.717) is 6.54 Å². The molecule has 0 spiro atoms. The standard InChI is InChI=1S/C13H24N2O2/c1-12(2,3)7-6-8-15-9-10(16)14-13(4,5)11(15)17/h6-9H2,1-5H3,(H,14,16). The van der Waals surface area contributed by atoms with E-state index in [-0.39, 0.29) is 23.8 Å². The Kier molecular flexibility index (Phi) is 3.84. The van der Waals surface area contributed by atoms with Crippen molar-refractivity contribution in [2.24, 2.45) is 5.41 Å². The molecule has 98 valence electrons. The van der Waals surface area contributed by atoms with Crippen LogP contribution >= 0.6 is 0 Å². The van der Waals surface area contributed by atoms with Crippen molar-refractivity contribution in [2.45, 2.75) is 53.0 Å². The highest BCUT2D eigenvalue weighted by Crippen LogP contribution is 2.21. The molecule has 4 heteroatoms. The molecule has 0 radical (unpaired) electrons. The molecule has 1 saturated heterocycles. The predicted octanol–water partition coefficient (Wildman–Crippen LogP) is 1.55. The van der Waals surface area contributed by atoms with Crippen molar-refractivity contribution in [3.8, 4) is 0 Å². The smallest absolute Gasteiger partial charge is 0.248 e. The number of hydrogen-bond acceptors (Lipinski definition) is 2. The Morgan fingerprint density at radius 1 is 1.29 bits per heavy atom. The van der Waals surface area contributed by atoms with Gasteiger partial charge in [-0.1, -0.05) is 20.8 Å². The summed E-state index contributed by atoms with van der Waals surface area (Å²) in [5.41, 5.74) is -0.478. The second-order valence-corrected chi connectivity index (χ2v) is 6.56. The second-order valence-electron chi connectivity index (χ2n) is 6.56. The van der Waals surface area contributed by atoms with Crippen molar-refractivity contribution in [1.29, 1.82) is 0 Å². The summed E-state index contributed by atoms with van der Waals surface area (Å²) in [5.74, 6) is -0.0450. The molecule has 0 bridgehead atoms. The Labute approximate surface area is 104 Å². The first-order valence-corrected chi connectivity index (χ1v) is 6.22. The summed E-state index contributed by atoms with van der Waals surface area (Å²) in [4.78, 5) is 25.2. The first-order chi connectivity index (χ1) is 7.62. The van der Waals surface area contributed by atoms with Crippen LogP contribution < -0.4 is 5.32 Å². The lowest BCUT2D eigenvalue weighted by atomic mass is 9.90. The molecule has 0 saturated carbocycles. The third-order valence-electron chi connectivity index (χ3n) is 2.96. The molecule has 1 aliphatic heterocycles. The van der Waals surface area contributed by atoms with Crippen molar-refractivity contribution in [3.63, 3.8) is 0 Å². The maximum atomic E-state index is 12.1. The molecule has 4 nitrogen and oxygen atoms in total. The first-order valence-electron chi connectivity index (χ1n) is 6.22. The first kappa shape index (κ1) is 14.0. The van der Waals surface area contributed by atoms with E-state index >= 15 is 0 Å². The quantitative estimate of drug-likeness (QED) is 0.813. The maximum Gasteiger partial charge on any atom is 0.248 e. The predicted molar refractivity (Wildman–Crippen MR) is 67.5 cm³/mol. The molecule has 1 rings (SSSR count). The van der Waals surface area contributed by atoms with Crippen LogP contribution in [-0.2, 0) is 9.59 Å². The number of hydrogen-bond donors (Lipinski definition) is 1. The molecule has 0 unspecified atom stereocenters. The van der Waals surface area contributed by atoms with Crippen LogP contribution in [0.3, 0.4) is 0 Å². The van der Waals surface area contributed by atoms with Crippen LogP contribution in [0.5, 0.6) is 0 Å². The molecule has 0 aromatic rings. The van der Waals surface area contributed by atoms with Gasteiger partial charge in [0, 0.05) is 6.54 Å². The van der Waals surface area contributed by atoms with Gasteiger partial charge < -0.3 is 10.2 Å². The van der Waals surface area contributed by atoms with Gasteiger partial charge >= 0.3 is 0 Å². The summed E-state index contributed by atoms with van der Waals surface area (Å²) >= 11 is 0. The highest BCUT2D eigenvalue weighted by atomic mass is 16.2. The Bertz CT molecular complexity index is 316. The molecule has 0 aromatic carbocycles. The highest BCUT2D eigenvalue weighted by Gasteiger charge is 2.38. The topological polar surface area (TPSA) is 49.4 Å². The summed E-state index contributed by atoms with van der Waals surface area (Å²) in [6, 6.07) is 0. The zero-order valence-electron chi connectivity index (χ0n) is 11.6. The summed E-state index contributed by atoms with van der Waals surface area (Å²) in [6.45, 7) is 10.9. The van der Waals surface area contributed by atoms with E-state index in [4.69, 9.17) is 0 Å². The van der Waals surface area contributed by atoms with Crippen molar-refractivity contribution in [1.82, 2.24) is 10.2 Å². The fraction of sp³-hybridized carbons (Fsp3) is 0.846. The number of nitrogens with zero attached hydrogens (tertiary/aromatic N) is 1. The van der Waals surface area contributed by atoms with Gasteiger partial charge in [-0.25, -0.2) is 0 Å². The van der Waals surface area contributed by atoms with Crippen LogP contribution in [0.4, 0.5) is 0 Å². The van der Waals surface area contributed by atoms with Crippen LogP contribution in [-0.4, -0.2) is 35.3 Å². The maximum absolute atomic E-state index is 12.1. The lowest BCUT2D eigenvalue weighted by Crippen LogP contribution is -2.63. The van der Waals surface area contributed by atoms with E-state index < -0.39 is 5.54 Å². The number of nitrogens with one attached hydrogen (secondary N) is 1. The third kappa shape index (κ3) is 4.02. The van der Waals surface area contributed by atoms with Gasteiger partial charge in [-0.15, -0.1) is 0 Å². The Morgan fingerprint density at radius 2 is 1.88 bits per heavy atom. The normalized spacial score (nSPS) is 20.4. The summed E-state index contributed by atoms with van der Waals surface area (Å²) in [7, 11) is 0. The van der Waals surface area contributed by atoms with Gasteiger partial charge in [0.25, 0.3) is 0 Å². The Morgan fingerprint density at radius 3 is 2.41 bits per heavy atom. The number of carbonyl (C=O) groups is 2. The summed E-state index contributed by atoms with van der Waals surface area (Å²) < 4.78 is 0. The molecular weight excluding hydrogens is 216 g/mol. The minimum atomic E-state index is -0.753. The SMILES string of the molecule is CC(C)(C)CCCN1CC(=O)NC(C)(C)C1=O. The molecule has 2 amide bonds. The van der Waals surface area contributed by atoms with E-state index in [0.717, 1.165) is 12.8 Å². The van der Waals surface area contributed by atoms with Gasteiger partial charge in [-0.05, 0) is 32.1 Å². The molecule has 17 heavy (non-hydrogen) atoms. The zero-order chi connectivity index (χ0) is 13.3. The molecule has 0 aromatic heterocycles. The van der Waals surface area contributed by atoms with Crippen molar-refractivity contribution < 1.29 is 9.59 Å². The number of piperazine rings is 1. The largest absolute Gasteiger partial charge is 0.341 e. The average molecular weight is 240 g/mol. The zero-order valence-corrected chi connectivity index (χ0v) is 11.6. The summed E-state index contributed by atoms with van der Waals surface area (Å²) in [5, 5.41) is 2.71. The van der Waals surface area contributed by atoms with Crippen LogP contribution in [0.15, 0.2) is 0 Å². The van der Waals surface area contributed by atoms with E-state index in [9.17, 15) is 9.59 Å². The molecule has 1 heterocycles. The van der Waals surface area contributed by atoms with E-state index in [2.05, 4.69) is 26.1 Å². The Hall–Kier alpha value is -1.06. The fourth-order valence-electron chi connectivity index (χ4n) is 2.06. The lowest BCUT2D eigenvalue weighted by Gasteiger charge is -2.37. The van der Waals surface area contributed by atoms with Gasteiger partial charge in [0.15, 0.2) is 0 Å². The van der Waals surface area contributed by atoms with Gasteiger partial charge in [-0.3, -0.25) is 9.59 Å². The second kappa shape index (κ2) is 4.67. The number of amides is 2. The number of carbonyl (C=O) groups excluding carboxylic acids is 2. The van der Waals surface area contributed by atoms with E-state index in [1.165, 1.54) is 0 Å². The van der Waals surface area contributed by atoms with E-state index in [1.54, 1.807) is 18.7 Å². The van der Waals surface area contributed by atoms with Gasteiger partial charge in [0.2, 0.25) is 11.8 Å². The molecule has 1 N–H and O–H groups in total. The number of rotatable bonds is 3. The van der Waals surface area contributed by atoms with Crippen LogP contribution in [0.2, 0.25) is 0 Å². The molecule has 1 aliphatic rings.